The molecule has 0 fully saturated rings. The van der Waals surface area contributed by atoms with Crippen molar-refractivity contribution in [3.8, 4) is 0 Å². The molecule has 0 bridgehead atoms. The van der Waals surface area contributed by atoms with Crippen LogP contribution in [0.5, 0.6) is 0 Å². The molecule has 114 valence electrons. The Bertz CT molecular complexity index is 758. The normalized spacial score (nSPS) is 14.2. The second-order valence-corrected chi connectivity index (χ2v) is 4.54. The molecule has 0 aromatic heterocycles. The molecule has 0 aliphatic carbocycles. The highest BCUT2D eigenvalue weighted by atomic mass is 19.4. The van der Waals surface area contributed by atoms with Crippen LogP contribution in [0.4, 0.5) is 28.9 Å². The average molecular weight is 310 g/mol. The molecule has 0 saturated heterocycles. The van der Waals surface area contributed by atoms with Gasteiger partial charge >= 0.3 is 6.18 Å². The minimum atomic E-state index is -4.77. The van der Waals surface area contributed by atoms with E-state index in [2.05, 4.69) is 10.4 Å². The number of fused-ring (bicyclic) bond motifs is 1. The minimum Gasteiger partial charge on any atom is -0.739 e. The Labute approximate surface area is 122 Å². The largest absolute Gasteiger partial charge is 0.739 e. The number of amidine groups is 1. The van der Waals surface area contributed by atoms with Crippen LogP contribution < -0.4 is 10.6 Å². The third-order valence-electron chi connectivity index (χ3n) is 3.08. The number of nitrogens with one attached hydrogen (secondary N) is 1. The van der Waals surface area contributed by atoms with E-state index in [1.165, 1.54) is 12.1 Å². The fourth-order valence-electron chi connectivity index (χ4n) is 2.11. The molecular formula is C14H8F4N3O-. The molecule has 2 aromatic rings. The van der Waals surface area contributed by atoms with Crippen molar-refractivity contribution in [3.05, 3.63) is 64.6 Å². The zero-order valence-electron chi connectivity index (χ0n) is 10.9. The van der Waals surface area contributed by atoms with Gasteiger partial charge in [-0.1, -0.05) is 12.1 Å². The summed E-state index contributed by atoms with van der Waals surface area (Å²) in [5.74, 6) is -1.31. The fraction of sp³-hybridized carbons (Fsp3) is 0.0714. The molecule has 0 saturated carbocycles. The Morgan fingerprint density at radius 3 is 2.55 bits per heavy atom. The van der Waals surface area contributed by atoms with Crippen molar-refractivity contribution < 1.29 is 17.6 Å². The van der Waals surface area contributed by atoms with Crippen LogP contribution in [0.25, 0.3) is 0 Å². The van der Waals surface area contributed by atoms with Crippen molar-refractivity contribution >= 4 is 17.2 Å². The quantitative estimate of drug-likeness (QED) is 0.816. The van der Waals surface area contributed by atoms with Crippen LogP contribution in [-0.4, -0.2) is 5.84 Å². The maximum atomic E-state index is 13.1. The number of nitrogens with zero attached hydrogens (tertiary/aromatic N) is 2. The molecule has 22 heavy (non-hydrogen) atoms. The van der Waals surface area contributed by atoms with Crippen molar-refractivity contribution in [2.45, 2.75) is 6.18 Å². The first-order chi connectivity index (χ1) is 10.4. The molecule has 0 atom stereocenters. The predicted molar refractivity (Wildman–Crippen MR) is 73.0 cm³/mol. The van der Waals surface area contributed by atoms with Crippen LogP contribution in [-0.2, 0) is 6.18 Å². The second kappa shape index (κ2) is 4.99. The van der Waals surface area contributed by atoms with Gasteiger partial charge in [0, 0.05) is 5.56 Å². The SMILES string of the molecule is [O-]N1NC(c2ccc(F)cc2C(F)(F)F)=Nc2ccccc21. The van der Waals surface area contributed by atoms with E-state index in [0.717, 1.165) is 12.1 Å². The van der Waals surface area contributed by atoms with E-state index in [0.29, 0.717) is 11.2 Å². The molecule has 2 aromatic carbocycles. The molecule has 4 nitrogen and oxygen atoms in total. The summed E-state index contributed by atoms with van der Waals surface area (Å²) < 4.78 is 52.2. The van der Waals surface area contributed by atoms with Crippen molar-refractivity contribution in [2.24, 2.45) is 4.99 Å². The third kappa shape index (κ3) is 2.48. The zero-order valence-corrected chi connectivity index (χ0v) is 10.9. The van der Waals surface area contributed by atoms with Gasteiger partial charge in [-0.25, -0.2) is 9.38 Å². The second-order valence-electron chi connectivity index (χ2n) is 4.54. The summed E-state index contributed by atoms with van der Waals surface area (Å²) in [6.07, 6.45) is -4.77. The summed E-state index contributed by atoms with van der Waals surface area (Å²) in [5, 5.41) is 12.2. The first-order valence-electron chi connectivity index (χ1n) is 6.15. The van der Waals surface area contributed by atoms with E-state index in [-0.39, 0.29) is 17.2 Å². The number of hydrogen-bond donors (Lipinski definition) is 1. The van der Waals surface area contributed by atoms with Gasteiger partial charge in [0.15, 0.2) is 5.84 Å². The summed E-state index contributed by atoms with van der Waals surface area (Å²) in [6.45, 7) is 0. The number of anilines is 1. The molecule has 0 unspecified atom stereocenters. The lowest BCUT2D eigenvalue weighted by atomic mass is 10.1. The van der Waals surface area contributed by atoms with E-state index in [1.54, 1.807) is 12.1 Å². The van der Waals surface area contributed by atoms with E-state index >= 15 is 0 Å². The molecule has 0 amide bonds. The predicted octanol–water partition coefficient (Wildman–Crippen LogP) is 3.75. The Morgan fingerprint density at radius 2 is 1.82 bits per heavy atom. The van der Waals surface area contributed by atoms with Crippen LogP contribution in [0.1, 0.15) is 11.1 Å². The lowest BCUT2D eigenvalue weighted by Gasteiger charge is -2.36. The molecule has 3 rings (SSSR count). The van der Waals surface area contributed by atoms with E-state index in [4.69, 9.17) is 0 Å². The first-order valence-corrected chi connectivity index (χ1v) is 6.15. The van der Waals surface area contributed by atoms with Crippen molar-refractivity contribution in [1.29, 1.82) is 0 Å². The number of para-hydroxylation sites is 2. The number of rotatable bonds is 1. The fourth-order valence-corrected chi connectivity index (χ4v) is 2.11. The summed E-state index contributed by atoms with van der Waals surface area (Å²) in [6, 6.07) is 8.37. The summed E-state index contributed by atoms with van der Waals surface area (Å²) >= 11 is 0. The highest BCUT2D eigenvalue weighted by Crippen LogP contribution is 2.35. The molecule has 1 aliphatic heterocycles. The van der Waals surface area contributed by atoms with Gasteiger partial charge in [-0.05, 0) is 30.3 Å². The van der Waals surface area contributed by atoms with Gasteiger partial charge in [-0.2, -0.15) is 13.2 Å². The van der Waals surface area contributed by atoms with Crippen LogP contribution in [0.3, 0.4) is 0 Å². The van der Waals surface area contributed by atoms with Crippen LogP contribution in [0, 0.1) is 11.0 Å². The Balaban J connectivity index is 2.16. The average Bonchev–Trinajstić information content (AvgIpc) is 2.46. The van der Waals surface area contributed by atoms with Gasteiger partial charge in [0.25, 0.3) is 0 Å². The first kappa shape index (κ1) is 14.3. The standard InChI is InChI=1S/C14H8F4N3O/c15-8-5-6-9(10(7-8)14(16,17)18)13-19-11-3-1-2-4-12(11)21(22)20-13/h1-7H,(H,19,20)/q-1. The van der Waals surface area contributed by atoms with Crippen LogP contribution >= 0.6 is 0 Å². The Morgan fingerprint density at radius 1 is 1.09 bits per heavy atom. The van der Waals surface area contributed by atoms with Crippen molar-refractivity contribution in [1.82, 2.24) is 5.43 Å². The Hall–Kier alpha value is -2.61. The summed E-state index contributed by atoms with van der Waals surface area (Å²) in [7, 11) is 0. The van der Waals surface area contributed by atoms with Crippen LogP contribution in [0.15, 0.2) is 47.5 Å². The number of benzene rings is 2. The highest BCUT2D eigenvalue weighted by molar-refractivity contribution is 6.05. The molecule has 0 spiro atoms. The molecule has 0 radical (unpaired) electrons. The van der Waals surface area contributed by atoms with Gasteiger partial charge in [-0.15, -0.1) is 0 Å². The summed E-state index contributed by atoms with van der Waals surface area (Å²) in [4.78, 5) is 4.01. The number of hydrogen-bond acceptors (Lipinski definition) is 4. The monoisotopic (exact) mass is 310 g/mol. The lowest BCUT2D eigenvalue weighted by molar-refractivity contribution is -0.137. The van der Waals surface area contributed by atoms with Crippen molar-refractivity contribution in [3.63, 3.8) is 0 Å². The molecular weight excluding hydrogens is 302 g/mol. The lowest BCUT2D eigenvalue weighted by Crippen LogP contribution is -2.41. The number of alkyl halides is 3. The van der Waals surface area contributed by atoms with Gasteiger partial charge in [0.1, 0.15) is 5.82 Å². The molecule has 1 N–H and O–H groups in total. The molecule has 1 heterocycles. The topological polar surface area (TPSA) is 50.7 Å². The third-order valence-corrected chi connectivity index (χ3v) is 3.08. The van der Waals surface area contributed by atoms with Gasteiger partial charge in [-0.3, -0.25) is 5.43 Å². The maximum absolute atomic E-state index is 13.1. The van der Waals surface area contributed by atoms with Gasteiger partial charge in [0.05, 0.1) is 16.9 Å². The van der Waals surface area contributed by atoms with Crippen molar-refractivity contribution in [2.75, 3.05) is 5.17 Å². The van der Waals surface area contributed by atoms with E-state index in [1.807, 2.05) is 0 Å². The van der Waals surface area contributed by atoms with Gasteiger partial charge < -0.3 is 10.4 Å². The Kier molecular flexibility index (Phi) is 3.25. The molecule has 8 heteroatoms. The zero-order chi connectivity index (χ0) is 15.9. The minimum absolute atomic E-state index is 0.182. The van der Waals surface area contributed by atoms with Crippen LogP contribution in [0.2, 0.25) is 0 Å². The summed E-state index contributed by atoms with van der Waals surface area (Å²) in [5.41, 5.74) is 1.03. The number of halogens is 4. The van der Waals surface area contributed by atoms with Gasteiger partial charge in [0.2, 0.25) is 0 Å². The molecule has 1 aliphatic rings. The van der Waals surface area contributed by atoms with E-state index < -0.39 is 23.1 Å². The number of aliphatic imine (C=N–C) groups is 1. The highest BCUT2D eigenvalue weighted by Gasteiger charge is 2.35. The maximum Gasteiger partial charge on any atom is 0.417 e. The smallest absolute Gasteiger partial charge is 0.417 e. The number of hydrazine groups is 1. The van der Waals surface area contributed by atoms with E-state index in [9.17, 15) is 22.8 Å².